The van der Waals surface area contributed by atoms with Crippen LogP contribution >= 0.6 is 0 Å². The summed E-state index contributed by atoms with van der Waals surface area (Å²) < 4.78 is 5.32. The minimum Gasteiger partial charge on any atom is -0.473 e. The first-order chi connectivity index (χ1) is 9.86. The molecule has 0 bridgehead atoms. The van der Waals surface area contributed by atoms with Gasteiger partial charge in [-0.05, 0) is 19.3 Å². The zero-order chi connectivity index (χ0) is 16.0. The highest BCUT2D eigenvalue weighted by molar-refractivity contribution is 5.61. The molecule has 0 unspecified atom stereocenters. The summed E-state index contributed by atoms with van der Waals surface area (Å²) in [4.78, 5) is 19.3. The minimum absolute atomic E-state index is 0.0354. The maximum Gasteiger partial charge on any atom is 0.372 e. The Balaban J connectivity index is 3.18. The summed E-state index contributed by atoms with van der Waals surface area (Å²) in [5.41, 5.74) is -0.190. The average Bonchev–Trinajstić information content (AvgIpc) is 2.37. The molecule has 1 rings (SSSR count). The summed E-state index contributed by atoms with van der Waals surface area (Å²) in [6.07, 6.45) is 0.905. The highest BCUT2D eigenvalue weighted by Crippen LogP contribution is 2.33. The molecule has 0 aromatic carbocycles. The van der Waals surface area contributed by atoms with Gasteiger partial charge in [-0.2, -0.15) is 4.98 Å². The van der Waals surface area contributed by atoms with Gasteiger partial charge in [-0.3, -0.25) is 10.1 Å². The fraction of sp³-hybridized carbons (Fsp3) is 0.714. The quantitative estimate of drug-likeness (QED) is 0.584. The van der Waals surface area contributed by atoms with Crippen LogP contribution < -0.4 is 10.1 Å². The molecular formula is C14H24N4O3. The number of nitrogens with zero attached hydrogens (tertiary/aromatic N) is 3. The molecule has 1 aromatic heterocycles. The molecule has 0 saturated carbocycles. The molecule has 0 radical (unpaired) electrons. The fourth-order valence-electron chi connectivity index (χ4n) is 1.71. The molecule has 7 heteroatoms. The molecule has 7 nitrogen and oxygen atoms in total. The lowest BCUT2D eigenvalue weighted by molar-refractivity contribution is -0.385. The lowest BCUT2D eigenvalue weighted by atomic mass is 10.1. The van der Waals surface area contributed by atoms with E-state index in [0.717, 1.165) is 6.42 Å². The average molecular weight is 296 g/mol. The summed E-state index contributed by atoms with van der Waals surface area (Å²) in [6.45, 7) is 10.8. The van der Waals surface area contributed by atoms with E-state index in [2.05, 4.69) is 29.1 Å². The Morgan fingerprint density at radius 3 is 2.43 bits per heavy atom. The van der Waals surface area contributed by atoms with Gasteiger partial charge in [0.25, 0.3) is 5.88 Å². The lowest BCUT2D eigenvalue weighted by Gasteiger charge is -2.13. The Morgan fingerprint density at radius 2 is 1.95 bits per heavy atom. The van der Waals surface area contributed by atoms with Gasteiger partial charge in [-0.1, -0.05) is 27.7 Å². The third-order valence-electron chi connectivity index (χ3n) is 2.86. The van der Waals surface area contributed by atoms with Gasteiger partial charge in [0.15, 0.2) is 0 Å². The second kappa shape index (κ2) is 7.75. The molecule has 0 atom stereocenters. The predicted molar refractivity (Wildman–Crippen MR) is 81.9 cm³/mol. The molecule has 1 N–H and O–H groups in total. The Morgan fingerprint density at radius 1 is 1.29 bits per heavy atom. The van der Waals surface area contributed by atoms with Crippen LogP contribution in [0.1, 0.15) is 52.8 Å². The molecule has 0 amide bonds. The summed E-state index contributed by atoms with van der Waals surface area (Å²) >= 11 is 0. The molecule has 1 aromatic rings. The number of hydrogen-bond donors (Lipinski definition) is 1. The van der Waals surface area contributed by atoms with Gasteiger partial charge < -0.3 is 10.1 Å². The van der Waals surface area contributed by atoms with Crippen molar-refractivity contribution in [2.75, 3.05) is 18.5 Å². The third kappa shape index (κ3) is 4.84. The molecule has 118 valence electrons. The van der Waals surface area contributed by atoms with Gasteiger partial charge in [-0.25, -0.2) is 4.98 Å². The van der Waals surface area contributed by atoms with Crippen LogP contribution in [0, 0.1) is 16.0 Å². The fourth-order valence-corrected chi connectivity index (χ4v) is 1.71. The van der Waals surface area contributed by atoms with Crippen molar-refractivity contribution >= 4 is 11.5 Å². The molecule has 0 spiro atoms. The van der Waals surface area contributed by atoms with Crippen molar-refractivity contribution in [2.24, 2.45) is 5.92 Å². The van der Waals surface area contributed by atoms with Gasteiger partial charge in [-0.15, -0.1) is 0 Å². The first-order valence-electron chi connectivity index (χ1n) is 7.29. The second-order valence-electron chi connectivity index (χ2n) is 5.54. The Hall–Kier alpha value is -1.92. The van der Waals surface area contributed by atoms with Crippen LogP contribution in [0.3, 0.4) is 0 Å². The molecule has 0 aliphatic heterocycles. The van der Waals surface area contributed by atoms with E-state index in [1.807, 2.05) is 13.8 Å². The molecular weight excluding hydrogens is 272 g/mol. The van der Waals surface area contributed by atoms with Crippen LogP contribution in [0.4, 0.5) is 11.5 Å². The normalized spacial score (nSPS) is 11.0. The molecule has 0 aliphatic carbocycles. The number of rotatable bonds is 8. The van der Waals surface area contributed by atoms with Crippen molar-refractivity contribution in [3.8, 4) is 5.88 Å². The maximum atomic E-state index is 11.3. The summed E-state index contributed by atoms with van der Waals surface area (Å²) in [5.74, 6) is 1.39. The van der Waals surface area contributed by atoms with Crippen LogP contribution in [0.2, 0.25) is 0 Å². The number of nitrogens with one attached hydrogen (secondary N) is 1. The van der Waals surface area contributed by atoms with Gasteiger partial charge >= 0.3 is 5.69 Å². The third-order valence-corrected chi connectivity index (χ3v) is 2.86. The molecule has 1 heterocycles. The summed E-state index contributed by atoms with van der Waals surface area (Å²) in [5, 5.41) is 14.3. The van der Waals surface area contributed by atoms with Crippen molar-refractivity contribution in [3.05, 3.63) is 15.9 Å². The second-order valence-corrected chi connectivity index (χ2v) is 5.54. The van der Waals surface area contributed by atoms with E-state index < -0.39 is 4.92 Å². The summed E-state index contributed by atoms with van der Waals surface area (Å²) in [6, 6.07) is 0. The highest BCUT2D eigenvalue weighted by Gasteiger charge is 2.26. The van der Waals surface area contributed by atoms with E-state index in [0.29, 0.717) is 24.9 Å². The standard InChI is InChI=1S/C14H24N4O3/c1-6-21-14-11(18(19)20)13(15-8-7-9(2)3)16-12(17-14)10(4)5/h9-10H,6-8H2,1-5H3,(H,15,16,17). The smallest absolute Gasteiger partial charge is 0.372 e. The number of ether oxygens (including phenoxy) is 1. The largest absolute Gasteiger partial charge is 0.473 e. The van der Waals surface area contributed by atoms with Crippen LogP contribution in [0.5, 0.6) is 5.88 Å². The SMILES string of the molecule is CCOc1nc(C(C)C)nc(NCCC(C)C)c1[N+](=O)[O-]. The topological polar surface area (TPSA) is 90.2 Å². The highest BCUT2D eigenvalue weighted by atomic mass is 16.6. The van der Waals surface area contributed by atoms with E-state index in [1.165, 1.54) is 0 Å². The van der Waals surface area contributed by atoms with E-state index >= 15 is 0 Å². The maximum absolute atomic E-state index is 11.3. The Bertz CT molecular complexity index is 489. The first-order valence-corrected chi connectivity index (χ1v) is 7.29. The molecule has 0 fully saturated rings. The van der Waals surface area contributed by atoms with Crippen molar-refractivity contribution in [1.82, 2.24) is 9.97 Å². The van der Waals surface area contributed by atoms with Crippen LogP contribution in [0.25, 0.3) is 0 Å². The lowest BCUT2D eigenvalue weighted by Crippen LogP contribution is -2.13. The zero-order valence-electron chi connectivity index (χ0n) is 13.3. The van der Waals surface area contributed by atoms with Crippen molar-refractivity contribution in [2.45, 2.75) is 47.0 Å². The Kier molecular flexibility index (Phi) is 6.33. The van der Waals surface area contributed by atoms with Gasteiger partial charge in [0, 0.05) is 12.5 Å². The minimum atomic E-state index is -0.493. The van der Waals surface area contributed by atoms with Crippen LogP contribution in [-0.4, -0.2) is 28.0 Å². The number of nitro groups is 1. The van der Waals surface area contributed by atoms with Crippen molar-refractivity contribution < 1.29 is 9.66 Å². The monoisotopic (exact) mass is 296 g/mol. The van der Waals surface area contributed by atoms with Gasteiger partial charge in [0.2, 0.25) is 5.82 Å². The van der Waals surface area contributed by atoms with E-state index in [9.17, 15) is 10.1 Å². The molecule has 21 heavy (non-hydrogen) atoms. The van der Waals surface area contributed by atoms with Crippen LogP contribution in [0.15, 0.2) is 0 Å². The number of anilines is 1. The van der Waals surface area contributed by atoms with Crippen molar-refractivity contribution in [1.29, 1.82) is 0 Å². The number of aromatic nitrogens is 2. The predicted octanol–water partition coefficient (Wildman–Crippen LogP) is 3.36. The molecule has 0 aliphatic rings. The molecule has 0 saturated heterocycles. The van der Waals surface area contributed by atoms with E-state index in [4.69, 9.17) is 4.74 Å². The van der Waals surface area contributed by atoms with Gasteiger partial charge in [0.05, 0.1) is 11.5 Å². The first kappa shape index (κ1) is 17.1. The van der Waals surface area contributed by atoms with Crippen molar-refractivity contribution in [3.63, 3.8) is 0 Å². The zero-order valence-corrected chi connectivity index (χ0v) is 13.3. The van der Waals surface area contributed by atoms with E-state index in [1.54, 1.807) is 6.92 Å². The Labute approximate surface area is 125 Å². The van der Waals surface area contributed by atoms with Crippen LogP contribution in [-0.2, 0) is 0 Å². The van der Waals surface area contributed by atoms with Gasteiger partial charge in [0.1, 0.15) is 5.82 Å². The van der Waals surface area contributed by atoms with E-state index in [-0.39, 0.29) is 23.3 Å². The number of hydrogen-bond acceptors (Lipinski definition) is 6. The summed E-state index contributed by atoms with van der Waals surface area (Å²) in [7, 11) is 0.